The van der Waals surface area contributed by atoms with E-state index in [4.69, 9.17) is 5.11 Å². The monoisotopic (exact) mass is 229 g/mol. The van der Waals surface area contributed by atoms with E-state index in [1.165, 1.54) is 12.8 Å². The standard InChI is InChI=1S/C13H27NO2/c1-5-12(6-2)10-14(11(3)4)9-7-8-13(15)16/h11-12H,5-10H2,1-4H3,(H,15,16). The Kier molecular flexibility index (Phi) is 8.26. The van der Waals surface area contributed by atoms with Crippen LogP contribution in [-0.2, 0) is 4.79 Å². The Balaban J connectivity index is 4.01. The summed E-state index contributed by atoms with van der Waals surface area (Å²) in [4.78, 5) is 12.9. The number of rotatable bonds is 9. The summed E-state index contributed by atoms with van der Waals surface area (Å²) in [6, 6.07) is 0.509. The number of carbonyl (C=O) groups is 1. The van der Waals surface area contributed by atoms with Crippen LogP contribution >= 0.6 is 0 Å². The van der Waals surface area contributed by atoms with Crippen LogP contribution in [0.4, 0.5) is 0 Å². The maximum Gasteiger partial charge on any atom is 0.303 e. The summed E-state index contributed by atoms with van der Waals surface area (Å²) >= 11 is 0. The summed E-state index contributed by atoms with van der Waals surface area (Å²) in [6.07, 6.45) is 3.46. The third kappa shape index (κ3) is 6.83. The molecular weight excluding hydrogens is 202 g/mol. The summed E-state index contributed by atoms with van der Waals surface area (Å²) in [6.45, 7) is 10.8. The lowest BCUT2D eigenvalue weighted by Crippen LogP contribution is -2.36. The minimum Gasteiger partial charge on any atom is -0.481 e. The average molecular weight is 229 g/mol. The zero-order valence-electron chi connectivity index (χ0n) is 11.2. The lowest BCUT2D eigenvalue weighted by Gasteiger charge is -2.29. The first kappa shape index (κ1) is 15.4. The lowest BCUT2D eigenvalue weighted by atomic mass is 10.0. The molecule has 0 aromatic carbocycles. The Morgan fingerprint density at radius 1 is 1.25 bits per heavy atom. The summed E-state index contributed by atoms with van der Waals surface area (Å²) in [5.74, 6) is 0.0541. The van der Waals surface area contributed by atoms with Crippen molar-refractivity contribution in [3.63, 3.8) is 0 Å². The van der Waals surface area contributed by atoms with Crippen molar-refractivity contribution >= 4 is 5.97 Å². The highest BCUT2D eigenvalue weighted by Gasteiger charge is 2.14. The first-order valence-electron chi connectivity index (χ1n) is 6.47. The molecule has 0 fully saturated rings. The molecule has 3 heteroatoms. The minimum atomic E-state index is -0.689. The quantitative estimate of drug-likeness (QED) is 0.660. The molecule has 0 aromatic heterocycles. The molecule has 0 aliphatic rings. The smallest absolute Gasteiger partial charge is 0.303 e. The third-order valence-electron chi connectivity index (χ3n) is 3.21. The molecule has 0 saturated carbocycles. The predicted molar refractivity (Wildman–Crippen MR) is 67.7 cm³/mol. The number of nitrogens with zero attached hydrogens (tertiary/aromatic N) is 1. The molecule has 0 aliphatic heterocycles. The van der Waals surface area contributed by atoms with Crippen LogP contribution in [0.1, 0.15) is 53.4 Å². The van der Waals surface area contributed by atoms with E-state index in [9.17, 15) is 4.79 Å². The molecule has 0 rings (SSSR count). The number of aliphatic carboxylic acids is 1. The van der Waals surface area contributed by atoms with Crippen LogP contribution in [0.2, 0.25) is 0 Å². The van der Waals surface area contributed by atoms with Gasteiger partial charge in [0.05, 0.1) is 0 Å². The molecule has 3 nitrogen and oxygen atoms in total. The van der Waals surface area contributed by atoms with Gasteiger partial charge in [0.1, 0.15) is 0 Å². The molecule has 0 amide bonds. The molecule has 0 atom stereocenters. The second-order valence-electron chi connectivity index (χ2n) is 4.77. The number of hydrogen-bond acceptors (Lipinski definition) is 2. The van der Waals surface area contributed by atoms with E-state index in [-0.39, 0.29) is 6.42 Å². The molecule has 0 heterocycles. The number of carboxylic acids is 1. The molecule has 0 saturated heterocycles. The summed E-state index contributed by atoms with van der Waals surface area (Å²) < 4.78 is 0. The van der Waals surface area contributed by atoms with Gasteiger partial charge >= 0.3 is 5.97 Å². The first-order chi connectivity index (χ1) is 7.51. The van der Waals surface area contributed by atoms with Gasteiger partial charge in [-0.3, -0.25) is 4.79 Å². The van der Waals surface area contributed by atoms with Crippen LogP contribution in [0.15, 0.2) is 0 Å². The van der Waals surface area contributed by atoms with Crippen molar-refractivity contribution in [2.45, 2.75) is 59.4 Å². The summed E-state index contributed by atoms with van der Waals surface area (Å²) in [5, 5.41) is 8.62. The highest BCUT2D eigenvalue weighted by molar-refractivity contribution is 5.66. The van der Waals surface area contributed by atoms with Gasteiger partial charge in [-0.25, -0.2) is 0 Å². The van der Waals surface area contributed by atoms with E-state index in [0.717, 1.165) is 25.4 Å². The van der Waals surface area contributed by atoms with Gasteiger partial charge in [0.15, 0.2) is 0 Å². The van der Waals surface area contributed by atoms with Crippen LogP contribution in [0.3, 0.4) is 0 Å². The molecule has 0 spiro atoms. The van der Waals surface area contributed by atoms with Gasteiger partial charge in [0.2, 0.25) is 0 Å². The second kappa shape index (κ2) is 8.57. The number of carboxylic acid groups (broad SMARTS) is 1. The third-order valence-corrected chi connectivity index (χ3v) is 3.21. The summed E-state index contributed by atoms with van der Waals surface area (Å²) in [5.41, 5.74) is 0. The molecule has 96 valence electrons. The van der Waals surface area contributed by atoms with Crippen molar-refractivity contribution in [2.75, 3.05) is 13.1 Å². The highest BCUT2D eigenvalue weighted by atomic mass is 16.4. The molecule has 16 heavy (non-hydrogen) atoms. The van der Waals surface area contributed by atoms with E-state index in [2.05, 4.69) is 32.6 Å². The van der Waals surface area contributed by atoms with E-state index in [0.29, 0.717) is 6.04 Å². The number of hydrogen-bond donors (Lipinski definition) is 1. The van der Waals surface area contributed by atoms with Crippen LogP contribution in [0.25, 0.3) is 0 Å². The van der Waals surface area contributed by atoms with E-state index < -0.39 is 5.97 Å². The Bertz CT molecular complexity index is 188. The lowest BCUT2D eigenvalue weighted by molar-refractivity contribution is -0.137. The largest absolute Gasteiger partial charge is 0.481 e. The molecule has 0 aromatic rings. The molecule has 0 radical (unpaired) electrons. The molecule has 0 unspecified atom stereocenters. The minimum absolute atomic E-state index is 0.284. The second-order valence-corrected chi connectivity index (χ2v) is 4.77. The van der Waals surface area contributed by atoms with Gasteiger partial charge in [-0.15, -0.1) is 0 Å². The SMILES string of the molecule is CCC(CC)CN(CCCC(=O)O)C(C)C. The Hall–Kier alpha value is -0.570. The van der Waals surface area contributed by atoms with Crippen molar-refractivity contribution in [3.05, 3.63) is 0 Å². The van der Waals surface area contributed by atoms with Crippen molar-refractivity contribution in [2.24, 2.45) is 5.92 Å². The van der Waals surface area contributed by atoms with Gasteiger partial charge in [0.25, 0.3) is 0 Å². The van der Waals surface area contributed by atoms with Crippen molar-refractivity contribution in [1.82, 2.24) is 4.90 Å². The van der Waals surface area contributed by atoms with Gasteiger partial charge in [0, 0.05) is 19.0 Å². The van der Waals surface area contributed by atoms with Gasteiger partial charge in [-0.05, 0) is 32.7 Å². The van der Waals surface area contributed by atoms with Crippen LogP contribution in [0, 0.1) is 5.92 Å². The normalized spacial score (nSPS) is 11.7. The van der Waals surface area contributed by atoms with E-state index >= 15 is 0 Å². The molecule has 0 aliphatic carbocycles. The van der Waals surface area contributed by atoms with Crippen LogP contribution < -0.4 is 0 Å². The van der Waals surface area contributed by atoms with Crippen LogP contribution in [0.5, 0.6) is 0 Å². The first-order valence-corrected chi connectivity index (χ1v) is 6.47. The van der Waals surface area contributed by atoms with E-state index in [1.54, 1.807) is 0 Å². The zero-order chi connectivity index (χ0) is 12.6. The fourth-order valence-electron chi connectivity index (χ4n) is 1.87. The van der Waals surface area contributed by atoms with Crippen molar-refractivity contribution in [3.8, 4) is 0 Å². The van der Waals surface area contributed by atoms with Crippen molar-refractivity contribution in [1.29, 1.82) is 0 Å². The predicted octanol–water partition coefficient (Wildman–Crippen LogP) is 3.00. The van der Waals surface area contributed by atoms with Crippen LogP contribution in [-0.4, -0.2) is 35.1 Å². The topological polar surface area (TPSA) is 40.5 Å². The highest BCUT2D eigenvalue weighted by Crippen LogP contribution is 2.12. The molecule has 0 bridgehead atoms. The maximum atomic E-state index is 10.5. The molecule has 1 N–H and O–H groups in total. The Morgan fingerprint density at radius 3 is 2.19 bits per heavy atom. The Morgan fingerprint density at radius 2 is 1.81 bits per heavy atom. The molecular formula is C13H27NO2. The Labute approximate surface area is 99.8 Å². The fraction of sp³-hybridized carbons (Fsp3) is 0.923. The van der Waals surface area contributed by atoms with Gasteiger partial charge in [-0.2, -0.15) is 0 Å². The van der Waals surface area contributed by atoms with Gasteiger partial charge < -0.3 is 10.0 Å². The summed E-state index contributed by atoms with van der Waals surface area (Å²) in [7, 11) is 0. The average Bonchev–Trinajstić information content (AvgIpc) is 2.22. The fourth-order valence-corrected chi connectivity index (χ4v) is 1.87. The zero-order valence-corrected chi connectivity index (χ0v) is 11.2. The maximum absolute atomic E-state index is 10.5. The van der Waals surface area contributed by atoms with Gasteiger partial charge in [-0.1, -0.05) is 26.7 Å². The van der Waals surface area contributed by atoms with E-state index in [1.807, 2.05) is 0 Å². The van der Waals surface area contributed by atoms with Crippen molar-refractivity contribution < 1.29 is 9.90 Å².